The molecule has 0 aromatic rings. The predicted octanol–water partition coefficient (Wildman–Crippen LogP) is -0.137. The summed E-state index contributed by atoms with van der Waals surface area (Å²) in [7, 11) is -0.819. The summed E-state index contributed by atoms with van der Waals surface area (Å²) in [5.74, 6) is 0.125. The molecular weight excluding hydrogens is 170 g/mol. The van der Waals surface area contributed by atoms with Gasteiger partial charge in [0.2, 0.25) is 0 Å². The molecule has 0 saturated heterocycles. The third kappa shape index (κ3) is 1.51. The molecule has 0 aliphatic carbocycles. The molecule has 0 spiro atoms. The zero-order valence-corrected chi connectivity index (χ0v) is 6.88. The molecule has 1 aliphatic heterocycles. The fraction of sp³-hybridized carbons (Fsp3) is 0.400. The van der Waals surface area contributed by atoms with E-state index in [1.54, 1.807) is 0 Å². The number of ether oxygens (including phenoxy) is 2. The second kappa shape index (κ2) is 2.54. The molecule has 0 amide bonds. The minimum atomic E-state index is -3.49. The predicted molar refractivity (Wildman–Crippen MR) is 38.5 cm³/mol. The summed E-state index contributed by atoms with van der Waals surface area (Å²) >= 11 is 0. The Morgan fingerprint density at radius 3 is 2.36 bits per heavy atom. The average Bonchev–Trinajstić information content (AvgIpc) is 2.25. The smallest absolute Gasteiger partial charge is 0.282 e. The van der Waals surface area contributed by atoms with Gasteiger partial charge in [-0.2, -0.15) is 8.42 Å². The van der Waals surface area contributed by atoms with Crippen LogP contribution in [0.5, 0.6) is 0 Å². The summed E-state index contributed by atoms with van der Waals surface area (Å²) in [5, 5.41) is 0.909. The maximum Gasteiger partial charge on any atom is 0.282 e. The van der Waals surface area contributed by atoms with Crippen LogP contribution in [0, 0.1) is 0 Å². The Kier molecular flexibility index (Phi) is 1.86. The van der Waals surface area contributed by atoms with Crippen LogP contribution in [0.2, 0.25) is 0 Å². The molecule has 6 heteroatoms. The fourth-order valence-corrected chi connectivity index (χ4v) is 1.56. The summed E-state index contributed by atoms with van der Waals surface area (Å²) in [6.07, 6.45) is 0. The lowest BCUT2D eigenvalue weighted by atomic mass is 10.6. The zero-order chi connectivity index (χ0) is 8.48. The van der Waals surface area contributed by atoms with Crippen molar-refractivity contribution in [3.63, 3.8) is 0 Å². The van der Waals surface area contributed by atoms with E-state index in [0.717, 1.165) is 5.41 Å². The summed E-state index contributed by atoms with van der Waals surface area (Å²) < 4.78 is 34.0. The molecule has 0 atom stereocenters. The van der Waals surface area contributed by atoms with Crippen LogP contribution in [0.3, 0.4) is 0 Å². The summed E-state index contributed by atoms with van der Waals surface area (Å²) in [6.45, 7) is 0. The molecule has 0 bridgehead atoms. The minimum absolute atomic E-state index is 0.00694. The van der Waals surface area contributed by atoms with Gasteiger partial charge in [-0.05, 0) is 0 Å². The highest BCUT2D eigenvalue weighted by Crippen LogP contribution is 2.14. The number of hydrogen-bond acceptors (Lipinski definition) is 4. The SMILES string of the molecule is COC1=CS(=O)(=O)N=C1OC. The Morgan fingerprint density at radius 1 is 1.36 bits per heavy atom. The quantitative estimate of drug-likeness (QED) is 0.559. The minimum Gasteiger partial charge on any atom is -0.491 e. The maximum atomic E-state index is 10.7. The Morgan fingerprint density at radius 2 is 2.00 bits per heavy atom. The van der Waals surface area contributed by atoms with Crippen molar-refractivity contribution in [1.82, 2.24) is 0 Å². The van der Waals surface area contributed by atoms with Gasteiger partial charge in [0.25, 0.3) is 15.9 Å². The van der Waals surface area contributed by atoms with Gasteiger partial charge in [0, 0.05) is 0 Å². The molecule has 1 aliphatic rings. The largest absolute Gasteiger partial charge is 0.491 e. The summed E-state index contributed by atoms with van der Waals surface area (Å²) in [5.41, 5.74) is 0. The van der Waals surface area contributed by atoms with Crippen molar-refractivity contribution in [3.8, 4) is 0 Å². The van der Waals surface area contributed by atoms with Crippen LogP contribution < -0.4 is 0 Å². The van der Waals surface area contributed by atoms with Gasteiger partial charge in [-0.3, -0.25) is 0 Å². The zero-order valence-electron chi connectivity index (χ0n) is 6.07. The molecule has 62 valence electrons. The summed E-state index contributed by atoms with van der Waals surface area (Å²) in [6, 6.07) is 0. The normalized spacial score (nSPS) is 20.5. The van der Waals surface area contributed by atoms with E-state index in [9.17, 15) is 8.42 Å². The number of hydrogen-bond donors (Lipinski definition) is 0. The van der Waals surface area contributed by atoms with Crippen LogP contribution in [0.1, 0.15) is 0 Å². The second-order valence-corrected chi connectivity index (χ2v) is 3.25. The Balaban J connectivity index is 3.09. The van der Waals surface area contributed by atoms with Crippen molar-refractivity contribution in [3.05, 3.63) is 11.2 Å². The first-order chi connectivity index (χ1) is 5.09. The van der Waals surface area contributed by atoms with Gasteiger partial charge in [0.15, 0.2) is 5.76 Å². The first-order valence-electron chi connectivity index (χ1n) is 2.74. The van der Waals surface area contributed by atoms with E-state index < -0.39 is 10.0 Å². The molecular formula is C5H7NO4S. The fourth-order valence-electron chi connectivity index (χ4n) is 0.646. The van der Waals surface area contributed by atoms with Crippen molar-refractivity contribution in [2.24, 2.45) is 4.40 Å². The topological polar surface area (TPSA) is 65.0 Å². The van der Waals surface area contributed by atoms with Gasteiger partial charge in [-0.15, -0.1) is 4.40 Å². The third-order valence-electron chi connectivity index (χ3n) is 1.09. The Bertz CT molecular complexity index is 287. The Hall–Kier alpha value is -1.04. The number of rotatable bonds is 1. The second-order valence-electron chi connectivity index (χ2n) is 1.80. The van der Waals surface area contributed by atoms with E-state index in [-0.39, 0.29) is 11.7 Å². The molecule has 0 saturated carbocycles. The van der Waals surface area contributed by atoms with Crippen LogP contribution in [0.15, 0.2) is 15.6 Å². The molecule has 0 aromatic heterocycles. The van der Waals surface area contributed by atoms with Crippen LogP contribution >= 0.6 is 0 Å². The monoisotopic (exact) mass is 177 g/mol. The standard InChI is InChI=1S/C5H7NO4S/c1-9-4-3-11(7,8)6-5(4)10-2/h3H,1-2H3. The summed E-state index contributed by atoms with van der Waals surface area (Å²) in [4.78, 5) is 0. The van der Waals surface area contributed by atoms with Crippen molar-refractivity contribution in [2.45, 2.75) is 0 Å². The van der Waals surface area contributed by atoms with E-state index in [4.69, 9.17) is 0 Å². The number of methoxy groups -OCH3 is 2. The molecule has 0 unspecified atom stereocenters. The molecule has 0 N–H and O–H groups in total. The van der Waals surface area contributed by atoms with Gasteiger partial charge in [0.05, 0.1) is 14.2 Å². The number of sulfonamides is 1. The van der Waals surface area contributed by atoms with E-state index in [1.807, 2.05) is 0 Å². The molecule has 5 nitrogen and oxygen atoms in total. The van der Waals surface area contributed by atoms with E-state index in [0.29, 0.717) is 0 Å². The molecule has 11 heavy (non-hydrogen) atoms. The average molecular weight is 177 g/mol. The van der Waals surface area contributed by atoms with Crippen LogP contribution in [-0.2, 0) is 19.5 Å². The van der Waals surface area contributed by atoms with Crippen molar-refractivity contribution < 1.29 is 17.9 Å². The van der Waals surface area contributed by atoms with E-state index in [1.165, 1.54) is 14.2 Å². The molecule has 1 heterocycles. The van der Waals surface area contributed by atoms with Crippen LogP contribution in [0.25, 0.3) is 0 Å². The maximum absolute atomic E-state index is 10.7. The van der Waals surface area contributed by atoms with Gasteiger partial charge in [-0.1, -0.05) is 0 Å². The molecule has 1 rings (SSSR count). The molecule has 0 radical (unpaired) electrons. The van der Waals surface area contributed by atoms with Gasteiger partial charge < -0.3 is 9.47 Å². The molecule has 0 fully saturated rings. The van der Waals surface area contributed by atoms with Crippen molar-refractivity contribution >= 4 is 15.9 Å². The highest BCUT2D eigenvalue weighted by molar-refractivity contribution is 7.93. The van der Waals surface area contributed by atoms with Crippen molar-refractivity contribution in [1.29, 1.82) is 0 Å². The highest BCUT2D eigenvalue weighted by atomic mass is 32.2. The third-order valence-corrected chi connectivity index (χ3v) is 2.02. The Labute approximate surface area is 64.4 Å². The van der Waals surface area contributed by atoms with E-state index in [2.05, 4.69) is 13.9 Å². The van der Waals surface area contributed by atoms with E-state index >= 15 is 0 Å². The van der Waals surface area contributed by atoms with Crippen LogP contribution in [-0.4, -0.2) is 28.5 Å². The van der Waals surface area contributed by atoms with Gasteiger partial charge in [0.1, 0.15) is 5.41 Å². The molecule has 0 aromatic carbocycles. The van der Waals surface area contributed by atoms with Crippen molar-refractivity contribution in [2.75, 3.05) is 14.2 Å². The van der Waals surface area contributed by atoms with Gasteiger partial charge >= 0.3 is 0 Å². The highest BCUT2D eigenvalue weighted by Gasteiger charge is 2.23. The first-order valence-corrected chi connectivity index (χ1v) is 4.24. The van der Waals surface area contributed by atoms with Gasteiger partial charge in [-0.25, -0.2) is 0 Å². The van der Waals surface area contributed by atoms with Crippen LogP contribution in [0.4, 0.5) is 0 Å². The lowest BCUT2D eigenvalue weighted by molar-refractivity contribution is 0.288. The number of nitrogens with zero attached hydrogens (tertiary/aromatic N) is 1. The first kappa shape index (κ1) is 8.06. The lowest BCUT2D eigenvalue weighted by Gasteiger charge is -1.99. The lowest BCUT2D eigenvalue weighted by Crippen LogP contribution is -2.03.